The Labute approximate surface area is 129 Å². The van der Waals surface area contributed by atoms with E-state index >= 15 is 0 Å². The molecule has 0 aliphatic heterocycles. The van der Waals surface area contributed by atoms with Crippen molar-refractivity contribution < 1.29 is 8.42 Å². The van der Waals surface area contributed by atoms with Crippen LogP contribution < -0.4 is 10.0 Å². The minimum absolute atomic E-state index is 0.308. The van der Waals surface area contributed by atoms with Gasteiger partial charge in [-0.15, -0.1) is 0 Å². The summed E-state index contributed by atoms with van der Waals surface area (Å²) in [5.74, 6) is 0.743. The van der Waals surface area contributed by atoms with Gasteiger partial charge in [-0.05, 0) is 43.5 Å². The van der Waals surface area contributed by atoms with Crippen molar-refractivity contribution in [3.63, 3.8) is 0 Å². The van der Waals surface area contributed by atoms with Gasteiger partial charge in [-0.2, -0.15) is 0 Å². The van der Waals surface area contributed by atoms with Gasteiger partial charge in [0.25, 0.3) is 0 Å². The van der Waals surface area contributed by atoms with Gasteiger partial charge in [0.1, 0.15) is 0 Å². The topological polar surface area (TPSA) is 58.2 Å². The van der Waals surface area contributed by atoms with E-state index < -0.39 is 10.0 Å². The van der Waals surface area contributed by atoms with Crippen molar-refractivity contribution in [1.29, 1.82) is 0 Å². The van der Waals surface area contributed by atoms with Crippen molar-refractivity contribution in [2.45, 2.75) is 57.9 Å². The summed E-state index contributed by atoms with van der Waals surface area (Å²) in [5, 5.41) is 3.41. The van der Waals surface area contributed by atoms with Crippen LogP contribution in [-0.4, -0.2) is 21.0 Å². The molecule has 0 radical (unpaired) electrons. The van der Waals surface area contributed by atoms with Crippen LogP contribution in [0, 0.1) is 5.92 Å². The summed E-state index contributed by atoms with van der Waals surface area (Å²) in [6, 6.07) is 7.31. The third-order valence-corrected chi connectivity index (χ3v) is 4.89. The van der Waals surface area contributed by atoms with Gasteiger partial charge in [-0.1, -0.05) is 33.6 Å². The molecular formula is C16H28N2O2S. The molecule has 0 spiro atoms. The van der Waals surface area contributed by atoms with E-state index in [0.717, 1.165) is 18.0 Å². The smallest absolute Gasteiger partial charge is 0.240 e. The number of sulfonamides is 1. The maximum absolute atomic E-state index is 11.8. The van der Waals surface area contributed by atoms with Gasteiger partial charge in [0.2, 0.25) is 10.0 Å². The number of hydrogen-bond donors (Lipinski definition) is 2. The monoisotopic (exact) mass is 312 g/mol. The average Bonchev–Trinajstić information content (AvgIpc) is 2.38. The van der Waals surface area contributed by atoms with Gasteiger partial charge in [0.15, 0.2) is 0 Å². The predicted octanol–water partition coefficient (Wildman–Crippen LogP) is 3.61. The minimum Gasteiger partial charge on any atom is -0.383 e. The number of rotatable bonds is 9. The molecule has 1 aromatic carbocycles. The van der Waals surface area contributed by atoms with Gasteiger partial charge >= 0.3 is 0 Å². The van der Waals surface area contributed by atoms with Crippen molar-refractivity contribution in [2.24, 2.45) is 5.92 Å². The van der Waals surface area contributed by atoms with E-state index in [2.05, 4.69) is 30.8 Å². The van der Waals surface area contributed by atoms with Crippen LogP contribution in [0.5, 0.6) is 0 Å². The first kappa shape index (κ1) is 18.0. The lowest BCUT2D eigenvalue weighted by atomic mass is 10.0. The number of anilines is 1. The largest absolute Gasteiger partial charge is 0.383 e. The quantitative estimate of drug-likeness (QED) is 0.732. The predicted molar refractivity (Wildman–Crippen MR) is 89.1 cm³/mol. The van der Waals surface area contributed by atoms with E-state index in [1.54, 1.807) is 19.1 Å². The summed E-state index contributed by atoms with van der Waals surface area (Å²) in [4.78, 5) is 0.308. The lowest BCUT2D eigenvalue weighted by molar-refractivity contribution is 0.520. The van der Waals surface area contributed by atoms with Gasteiger partial charge < -0.3 is 5.32 Å². The highest BCUT2D eigenvalue weighted by Crippen LogP contribution is 2.16. The van der Waals surface area contributed by atoms with E-state index in [4.69, 9.17) is 0 Å². The van der Waals surface area contributed by atoms with Crippen molar-refractivity contribution in [1.82, 2.24) is 4.72 Å². The summed E-state index contributed by atoms with van der Waals surface area (Å²) in [6.07, 6.45) is 3.57. The fraction of sp³-hybridized carbons (Fsp3) is 0.625. The molecule has 0 amide bonds. The summed E-state index contributed by atoms with van der Waals surface area (Å²) >= 11 is 0. The lowest BCUT2D eigenvalue weighted by Crippen LogP contribution is -2.23. The van der Waals surface area contributed by atoms with Crippen LogP contribution in [-0.2, 0) is 10.0 Å². The Hall–Kier alpha value is -1.07. The first-order valence-corrected chi connectivity index (χ1v) is 9.19. The average molecular weight is 312 g/mol. The van der Waals surface area contributed by atoms with Gasteiger partial charge in [-0.25, -0.2) is 13.1 Å². The molecule has 1 unspecified atom stereocenters. The number of nitrogens with one attached hydrogen (secondary N) is 2. The molecular weight excluding hydrogens is 284 g/mol. The molecule has 4 nitrogen and oxygen atoms in total. The van der Waals surface area contributed by atoms with Crippen molar-refractivity contribution in [3.05, 3.63) is 24.3 Å². The van der Waals surface area contributed by atoms with Crippen LogP contribution in [0.25, 0.3) is 0 Å². The van der Waals surface area contributed by atoms with Crippen LogP contribution in [0.3, 0.4) is 0 Å². The normalized spacial score (nSPS) is 13.4. The fourth-order valence-corrected chi connectivity index (χ4v) is 3.23. The molecule has 1 atom stereocenters. The Kier molecular flexibility index (Phi) is 7.18. The van der Waals surface area contributed by atoms with Crippen LogP contribution in [0.1, 0.15) is 47.0 Å². The Bertz CT molecular complexity index is 510. The number of benzene rings is 1. The summed E-state index contributed by atoms with van der Waals surface area (Å²) in [6.45, 7) is 8.80. The Morgan fingerprint density at radius 2 is 1.67 bits per heavy atom. The maximum atomic E-state index is 11.8. The molecule has 0 aliphatic carbocycles. The maximum Gasteiger partial charge on any atom is 0.240 e. The van der Waals surface area contributed by atoms with Crippen LogP contribution in [0.2, 0.25) is 0 Å². The molecule has 1 aromatic rings. The molecule has 2 N–H and O–H groups in total. The first-order chi connectivity index (χ1) is 9.85. The van der Waals surface area contributed by atoms with Crippen LogP contribution in [0.15, 0.2) is 29.2 Å². The standard InChI is InChI=1S/C16H28N2O2S/c1-5-17-21(19,20)16-11-9-15(10-12-16)18-14(4)8-6-7-13(2)3/h9-14,17-18H,5-8H2,1-4H3. The van der Waals surface area contributed by atoms with Crippen molar-refractivity contribution >= 4 is 15.7 Å². The zero-order valence-corrected chi connectivity index (χ0v) is 14.3. The fourth-order valence-electron chi connectivity index (χ4n) is 2.19. The molecule has 5 heteroatoms. The van der Waals surface area contributed by atoms with E-state index in [-0.39, 0.29) is 0 Å². The molecule has 0 saturated carbocycles. The molecule has 1 rings (SSSR count). The molecule has 0 bridgehead atoms. The minimum atomic E-state index is -3.36. The van der Waals surface area contributed by atoms with E-state index in [0.29, 0.717) is 17.5 Å². The summed E-state index contributed by atoms with van der Waals surface area (Å²) < 4.78 is 26.2. The zero-order chi connectivity index (χ0) is 15.9. The van der Waals surface area contributed by atoms with Crippen molar-refractivity contribution in [2.75, 3.05) is 11.9 Å². The Morgan fingerprint density at radius 1 is 1.05 bits per heavy atom. The Morgan fingerprint density at radius 3 is 2.19 bits per heavy atom. The highest BCUT2D eigenvalue weighted by atomic mass is 32.2. The number of hydrogen-bond acceptors (Lipinski definition) is 3. The second-order valence-electron chi connectivity index (χ2n) is 5.90. The molecule has 21 heavy (non-hydrogen) atoms. The SMILES string of the molecule is CCNS(=O)(=O)c1ccc(NC(C)CCCC(C)C)cc1. The summed E-state index contributed by atoms with van der Waals surface area (Å²) in [7, 11) is -3.36. The highest BCUT2D eigenvalue weighted by Gasteiger charge is 2.12. The van der Waals surface area contributed by atoms with Gasteiger partial charge in [0, 0.05) is 18.3 Å². The zero-order valence-electron chi connectivity index (χ0n) is 13.5. The first-order valence-electron chi connectivity index (χ1n) is 7.71. The van der Waals surface area contributed by atoms with E-state index in [9.17, 15) is 8.42 Å². The molecule has 0 fully saturated rings. The summed E-state index contributed by atoms with van der Waals surface area (Å²) in [5.41, 5.74) is 0.961. The molecule has 0 heterocycles. The highest BCUT2D eigenvalue weighted by molar-refractivity contribution is 7.89. The van der Waals surface area contributed by atoms with E-state index in [1.165, 1.54) is 12.8 Å². The van der Waals surface area contributed by atoms with E-state index in [1.807, 2.05) is 12.1 Å². The van der Waals surface area contributed by atoms with Crippen LogP contribution >= 0.6 is 0 Å². The molecule has 0 saturated heterocycles. The second kappa shape index (κ2) is 8.39. The van der Waals surface area contributed by atoms with Crippen molar-refractivity contribution in [3.8, 4) is 0 Å². The van der Waals surface area contributed by atoms with Gasteiger partial charge in [-0.3, -0.25) is 0 Å². The second-order valence-corrected chi connectivity index (χ2v) is 7.66. The lowest BCUT2D eigenvalue weighted by Gasteiger charge is -2.16. The molecule has 0 aliphatic rings. The third-order valence-electron chi connectivity index (χ3n) is 3.33. The molecule has 0 aromatic heterocycles. The van der Waals surface area contributed by atoms with Gasteiger partial charge in [0.05, 0.1) is 4.90 Å². The van der Waals surface area contributed by atoms with Crippen LogP contribution in [0.4, 0.5) is 5.69 Å². The third kappa shape index (κ3) is 6.48. The Balaban J connectivity index is 2.55. The molecule has 120 valence electrons.